The lowest BCUT2D eigenvalue weighted by atomic mass is 9.74. The minimum Gasteiger partial charge on any atom is -0.493 e. The van der Waals surface area contributed by atoms with Gasteiger partial charge in [0.05, 0.1) is 32.3 Å². The first-order valence-electron chi connectivity index (χ1n) is 10.1. The number of fused-ring (bicyclic) bond motifs is 1. The molecule has 1 spiro atoms. The summed E-state index contributed by atoms with van der Waals surface area (Å²) >= 11 is 0. The molecule has 2 saturated heterocycles. The van der Waals surface area contributed by atoms with Crippen LogP contribution in [0.25, 0.3) is 0 Å². The van der Waals surface area contributed by atoms with Crippen LogP contribution in [0.4, 0.5) is 0 Å². The number of carboxylic acids is 1. The van der Waals surface area contributed by atoms with Gasteiger partial charge < -0.3 is 24.2 Å². The van der Waals surface area contributed by atoms with E-state index in [1.807, 2.05) is 31.2 Å². The number of carbonyl (C=O) groups is 2. The number of aliphatic carboxylic acids is 1. The fourth-order valence-corrected chi connectivity index (χ4v) is 5.15. The lowest BCUT2D eigenvalue weighted by molar-refractivity contribution is -0.148. The zero-order chi connectivity index (χ0) is 21.6. The summed E-state index contributed by atoms with van der Waals surface area (Å²) in [5.41, 5.74) is 1.04. The van der Waals surface area contributed by atoms with Gasteiger partial charge in [-0.3, -0.25) is 9.59 Å². The lowest BCUT2D eigenvalue weighted by Crippen LogP contribution is -2.45. The van der Waals surface area contributed by atoms with Gasteiger partial charge in [-0.15, -0.1) is 6.58 Å². The van der Waals surface area contributed by atoms with Crippen molar-refractivity contribution in [2.75, 3.05) is 20.8 Å². The minimum absolute atomic E-state index is 0.152. The van der Waals surface area contributed by atoms with E-state index in [1.54, 1.807) is 25.2 Å². The van der Waals surface area contributed by atoms with E-state index in [0.717, 1.165) is 11.1 Å². The predicted octanol–water partition coefficient (Wildman–Crippen LogP) is 2.45. The number of carboxylic acid groups (broad SMARTS) is 1. The van der Waals surface area contributed by atoms with Crippen molar-refractivity contribution < 1.29 is 28.9 Å². The molecule has 3 aliphatic rings. The van der Waals surface area contributed by atoms with Gasteiger partial charge in [-0.05, 0) is 37.5 Å². The largest absolute Gasteiger partial charge is 0.493 e. The van der Waals surface area contributed by atoms with Crippen LogP contribution in [0.1, 0.15) is 18.9 Å². The van der Waals surface area contributed by atoms with E-state index >= 15 is 0 Å². The number of hydrogen-bond donors (Lipinski definition) is 1. The zero-order valence-electron chi connectivity index (χ0n) is 17.5. The lowest BCUT2D eigenvalue weighted by Gasteiger charge is -2.33. The SMILES string of the molecule is C=C(C)C[C@@H]1N(CCc2ccc(OC)c(OC)c2)C(=O)[C@@H]2[C@H](C(=O)O)[C@@H]3C=C[C@]21O3. The van der Waals surface area contributed by atoms with Gasteiger partial charge in [0.1, 0.15) is 11.5 Å². The second-order valence-corrected chi connectivity index (χ2v) is 8.28. The molecule has 0 aliphatic carbocycles. The highest BCUT2D eigenvalue weighted by Crippen LogP contribution is 2.56. The number of hydrogen-bond acceptors (Lipinski definition) is 5. The summed E-state index contributed by atoms with van der Waals surface area (Å²) in [5, 5.41) is 9.74. The Morgan fingerprint density at radius 2 is 2.03 bits per heavy atom. The molecule has 1 N–H and O–H groups in total. The van der Waals surface area contributed by atoms with Gasteiger partial charge in [0.2, 0.25) is 5.91 Å². The molecule has 4 rings (SSSR count). The van der Waals surface area contributed by atoms with Gasteiger partial charge in [0.25, 0.3) is 0 Å². The Kier molecular flexibility index (Phi) is 5.10. The van der Waals surface area contributed by atoms with Crippen molar-refractivity contribution in [3.63, 3.8) is 0 Å². The molecule has 0 radical (unpaired) electrons. The quantitative estimate of drug-likeness (QED) is 0.659. The fourth-order valence-electron chi connectivity index (χ4n) is 5.15. The van der Waals surface area contributed by atoms with Gasteiger partial charge in [-0.2, -0.15) is 0 Å². The molecule has 0 unspecified atom stereocenters. The average Bonchev–Trinajstić information content (AvgIpc) is 3.35. The smallest absolute Gasteiger partial charge is 0.310 e. The Labute approximate surface area is 175 Å². The highest BCUT2D eigenvalue weighted by Gasteiger charge is 2.70. The van der Waals surface area contributed by atoms with E-state index < -0.39 is 29.5 Å². The van der Waals surface area contributed by atoms with E-state index in [9.17, 15) is 14.7 Å². The molecular weight excluding hydrogens is 386 g/mol. The number of amides is 1. The highest BCUT2D eigenvalue weighted by atomic mass is 16.5. The van der Waals surface area contributed by atoms with Crippen molar-refractivity contribution in [1.82, 2.24) is 4.90 Å². The minimum atomic E-state index is -0.986. The molecule has 0 aromatic heterocycles. The molecule has 3 aliphatic heterocycles. The third-order valence-corrected chi connectivity index (χ3v) is 6.45. The first-order chi connectivity index (χ1) is 14.3. The Morgan fingerprint density at radius 3 is 2.67 bits per heavy atom. The van der Waals surface area contributed by atoms with Gasteiger partial charge in [-0.1, -0.05) is 23.8 Å². The van der Waals surface area contributed by atoms with Crippen molar-refractivity contribution in [2.45, 2.75) is 37.5 Å². The van der Waals surface area contributed by atoms with Gasteiger partial charge in [0.15, 0.2) is 11.5 Å². The number of carbonyl (C=O) groups excluding carboxylic acids is 1. The standard InChI is InChI=1S/C23H27NO6/c1-13(2)11-18-23-9-7-16(30-23)19(22(26)27)20(23)21(25)24(18)10-8-14-5-6-15(28-3)17(12-14)29-4/h5-7,9,12,16,18-20H,1,8,10-11H2,2-4H3,(H,26,27)/t16-,18-,19+,20-,23+/m0/s1. The Morgan fingerprint density at radius 1 is 1.30 bits per heavy atom. The number of rotatable bonds is 8. The molecule has 2 fully saturated rings. The maximum absolute atomic E-state index is 13.4. The van der Waals surface area contributed by atoms with Gasteiger partial charge in [-0.25, -0.2) is 0 Å². The van der Waals surface area contributed by atoms with Crippen molar-refractivity contribution in [3.8, 4) is 11.5 Å². The van der Waals surface area contributed by atoms with E-state index in [2.05, 4.69) is 6.58 Å². The normalized spacial score (nSPS) is 31.2. The van der Waals surface area contributed by atoms with Crippen LogP contribution in [-0.2, 0) is 20.7 Å². The van der Waals surface area contributed by atoms with Crippen LogP contribution in [0.5, 0.6) is 11.5 Å². The number of benzene rings is 1. The molecule has 1 amide bonds. The van der Waals surface area contributed by atoms with Gasteiger partial charge >= 0.3 is 5.97 Å². The molecule has 30 heavy (non-hydrogen) atoms. The molecule has 1 aromatic rings. The van der Waals surface area contributed by atoms with Crippen LogP contribution in [0.3, 0.4) is 0 Å². The summed E-state index contributed by atoms with van der Waals surface area (Å²) in [5.74, 6) is -1.40. The van der Waals surface area contributed by atoms with Crippen LogP contribution in [0, 0.1) is 11.8 Å². The topological polar surface area (TPSA) is 85.3 Å². The van der Waals surface area contributed by atoms with Crippen molar-refractivity contribution in [3.05, 3.63) is 48.1 Å². The molecule has 5 atom stereocenters. The molecule has 2 bridgehead atoms. The van der Waals surface area contributed by atoms with Crippen LogP contribution >= 0.6 is 0 Å². The zero-order valence-corrected chi connectivity index (χ0v) is 17.5. The second kappa shape index (κ2) is 7.47. The average molecular weight is 413 g/mol. The summed E-state index contributed by atoms with van der Waals surface area (Å²) in [7, 11) is 3.17. The molecule has 0 saturated carbocycles. The van der Waals surface area contributed by atoms with E-state index in [0.29, 0.717) is 30.9 Å². The summed E-state index contributed by atoms with van der Waals surface area (Å²) in [6.07, 6.45) is 4.33. The third kappa shape index (κ3) is 2.99. The third-order valence-electron chi connectivity index (χ3n) is 6.45. The maximum Gasteiger partial charge on any atom is 0.310 e. The van der Waals surface area contributed by atoms with Gasteiger partial charge in [0, 0.05) is 6.54 Å². The van der Waals surface area contributed by atoms with E-state index in [1.165, 1.54) is 0 Å². The highest BCUT2D eigenvalue weighted by molar-refractivity contribution is 5.91. The number of likely N-dealkylation sites (tertiary alicyclic amines) is 1. The fraction of sp³-hybridized carbons (Fsp3) is 0.478. The number of ether oxygens (including phenoxy) is 3. The monoisotopic (exact) mass is 413 g/mol. The summed E-state index contributed by atoms with van der Waals surface area (Å²) in [6, 6.07) is 5.41. The van der Waals surface area contributed by atoms with Crippen LogP contribution in [0.2, 0.25) is 0 Å². The van der Waals surface area contributed by atoms with Crippen molar-refractivity contribution in [1.29, 1.82) is 0 Å². The number of nitrogens with zero attached hydrogens (tertiary/aromatic N) is 1. The molecular formula is C23H27NO6. The predicted molar refractivity (Wildman–Crippen MR) is 110 cm³/mol. The van der Waals surface area contributed by atoms with Crippen molar-refractivity contribution in [2.24, 2.45) is 11.8 Å². The maximum atomic E-state index is 13.4. The summed E-state index contributed by atoms with van der Waals surface area (Å²) in [6.45, 7) is 6.40. The molecule has 3 heterocycles. The van der Waals surface area contributed by atoms with Crippen molar-refractivity contribution >= 4 is 11.9 Å². The first kappa shape index (κ1) is 20.5. The molecule has 7 nitrogen and oxygen atoms in total. The molecule has 160 valence electrons. The Bertz CT molecular complexity index is 924. The second-order valence-electron chi connectivity index (χ2n) is 8.28. The van der Waals surface area contributed by atoms with Crippen LogP contribution < -0.4 is 9.47 Å². The van der Waals surface area contributed by atoms with E-state index in [-0.39, 0.29) is 11.9 Å². The summed E-state index contributed by atoms with van der Waals surface area (Å²) < 4.78 is 16.8. The molecule has 1 aromatic carbocycles. The van der Waals surface area contributed by atoms with E-state index in [4.69, 9.17) is 14.2 Å². The Hall–Kier alpha value is -2.80. The Balaban J connectivity index is 1.61. The molecule has 7 heteroatoms. The van der Waals surface area contributed by atoms with Crippen LogP contribution in [-0.4, -0.2) is 60.4 Å². The van der Waals surface area contributed by atoms with Crippen LogP contribution in [0.15, 0.2) is 42.5 Å². The summed E-state index contributed by atoms with van der Waals surface area (Å²) in [4.78, 5) is 27.1. The number of methoxy groups -OCH3 is 2. The first-order valence-corrected chi connectivity index (χ1v) is 10.1.